The molecule has 0 radical (unpaired) electrons. The minimum atomic E-state index is 1.18. The van der Waals surface area contributed by atoms with E-state index in [9.17, 15) is 0 Å². The number of para-hydroxylation sites is 1. The van der Waals surface area contributed by atoms with Gasteiger partial charge in [0.2, 0.25) is 0 Å². The Kier molecular flexibility index (Phi) is 4.76. The number of hydrogen-bond donors (Lipinski definition) is 0. The fraction of sp³-hybridized carbons (Fsp3) is 0. The molecule has 0 saturated carbocycles. The van der Waals surface area contributed by atoms with Crippen molar-refractivity contribution in [1.82, 2.24) is 4.57 Å². The fourth-order valence-electron chi connectivity index (χ4n) is 5.83. The number of benzene rings is 6. The third kappa shape index (κ3) is 3.24. The Hall–Kier alpha value is -4.66. The zero-order valence-electron chi connectivity index (χ0n) is 20.6. The highest BCUT2D eigenvalue weighted by molar-refractivity contribution is 7.26. The normalized spacial score (nSPS) is 11.7. The zero-order chi connectivity index (χ0) is 25.1. The van der Waals surface area contributed by atoms with Gasteiger partial charge in [-0.3, -0.25) is 0 Å². The molecule has 0 N–H and O–H groups in total. The number of rotatable bonds is 3. The highest BCUT2D eigenvalue weighted by Crippen LogP contribution is 2.43. The van der Waals surface area contributed by atoms with Crippen molar-refractivity contribution >= 4 is 53.3 Å². The first-order valence-corrected chi connectivity index (χ1v) is 13.8. The molecule has 2 heteroatoms. The molecule has 0 atom stereocenters. The van der Waals surface area contributed by atoms with Gasteiger partial charge in [-0.2, -0.15) is 0 Å². The van der Waals surface area contributed by atoms with Crippen LogP contribution < -0.4 is 0 Å². The molecule has 0 aliphatic carbocycles. The lowest BCUT2D eigenvalue weighted by Crippen LogP contribution is -1.96. The second kappa shape index (κ2) is 8.44. The van der Waals surface area contributed by atoms with E-state index in [-0.39, 0.29) is 0 Å². The molecular weight excluding hydrogens is 478 g/mol. The molecule has 0 aliphatic rings. The summed E-state index contributed by atoms with van der Waals surface area (Å²) in [4.78, 5) is 0. The van der Waals surface area contributed by atoms with Crippen molar-refractivity contribution in [3.8, 4) is 27.9 Å². The molecule has 6 aromatic carbocycles. The summed E-state index contributed by atoms with van der Waals surface area (Å²) < 4.78 is 5.16. The van der Waals surface area contributed by atoms with E-state index in [1.165, 1.54) is 69.9 Å². The number of aromatic nitrogens is 1. The van der Waals surface area contributed by atoms with Crippen molar-refractivity contribution in [2.24, 2.45) is 0 Å². The van der Waals surface area contributed by atoms with Gasteiger partial charge in [0.1, 0.15) is 0 Å². The molecule has 1 nitrogen and oxygen atoms in total. The number of thiophene rings is 1. The first-order chi connectivity index (χ1) is 18.8. The lowest BCUT2D eigenvalue weighted by Gasteiger charge is -2.14. The van der Waals surface area contributed by atoms with Gasteiger partial charge in [-0.15, -0.1) is 11.3 Å². The molecular formula is C36H23NS. The van der Waals surface area contributed by atoms with Gasteiger partial charge in [-0.05, 0) is 52.6 Å². The minimum absolute atomic E-state index is 1.18. The summed E-state index contributed by atoms with van der Waals surface area (Å²) in [6.07, 6.45) is 0. The highest BCUT2D eigenvalue weighted by Gasteiger charge is 2.18. The molecule has 8 aromatic rings. The van der Waals surface area contributed by atoms with Crippen LogP contribution in [-0.2, 0) is 0 Å². The highest BCUT2D eigenvalue weighted by atomic mass is 32.1. The monoisotopic (exact) mass is 501 g/mol. The Balaban J connectivity index is 1.53. The van der Waals surface area contributed by atoms with Crippen LogP contribution in [0.5, 0.6) is 0 Å². The van der Waals surface area contributed by atoms with Gasteiger partial charge in [0, 0.05) is 31.9 Å². The lowest BCUT2D eigenvalue weighted by molar-refractivity contribution is 1.19. The van der Waals surface area contributed by atoms with E-state index < -0.39 is 0 Å². The Labute approximate surface area is 224 Å². The summed E-state index contributed by atoms with van der Waals surface area (Å²) in [6, 6.07) is 50.6. The lowest BCUT2D eigenvalue weighted by atomic mass is 9.98. The predicted molar refractivity (Wildman–Crippen MR) is 165 cm³/mol. The van der Waals surface area contributed by atoms with Crippen LogP contribution in [0.4, 0.5) is 0 Å². The predicted octanol–water partition coefficient (Wildman–Crippen LogP) is 10.5. The topological polar surface area (TPSA) is 4.93 Å². The second-order valence-electron chi connectivity index (χ2n) is 9.79. The van der Waals surface area contributed by atoms with Crippen LogP contribution in [0.15, 0.2) is 140 Å². The molecule has 0 fully saturated rings. The van der Waals surface area contributed by atoms with Crippen LogP contribution in [0.3, 0.4) is 0 Å². The van der Waals surface area contributed by atoms with E-state index in [2.05, 4.69) is 144 Å². The quantitative estimate of drug-likeness (QED) is 0.227. The molecule has 0 unspecified atom stereocenters. The number of fused-ring (bicyclic) bond motifs is 7. The first kappa shape index (κ1) is 21.4. The first-order valence-electron chi connectivity index (χ1n) is 12.9. The molecule has 8 rings (SSSR count). The molecule has 178 valence electrons. The third-order valence-corrected chi connectivity index (χ3v) is 8.76. The van der Waals surface area contributed by atoms with Crippen molar-refractivity contribution in [3.63, 3.8) is 0 Å². The van der Waals surface area contributed by atoms with Gasteiger partial charge in [0.25, 0.3) is 0 Å². The minimum Gasteiger partial charge on any atom is -0.308 e. The summed E-state index contributed by atoms with van der Waals surface area (Å²) in [6.45, 7) is 0. The average Bonchev–Trinajstić information content (AvgIpc) is 3.54. The Bertz CT molecular complexity index is 2060. The number of hydrogen-bond acceptors (Lipinski definition) is 1. The molecule has 2 aromatic heterocycles. The van der Waals surface area contributed by atoms with Gasteiger partial charge in [-0.1, -0.05) is 109 Å². The standard InChI is InChI=1S/C36H23NS/c1-3-11-24(12-4-1)26-21-27(25-13-5-2-6-14-25)23-28(22-26)37-33-17-9-7-15-29(33)31-19-20-32-30-16-8-10-18-34(30)38-36(32)35(31)37/h1-23H. The molecule has 0 aliphatic heterocycles. The van der Waals surface area contributed by atoms with Gasteiger partial charge >= 0.3 is 0 Å². The summed E-state index contributed by atoms with van der Waals surface area (Å²) in [5.74, 6) is 0. The summed E-state index contributed by atoms with van der Waals surface area (Å²) in [7, 11) is 0. The fourth-order valence-corrected chi connectivity index (χ4v) is 7.07. The third-order valence-electron chi connectivity index (χ3n) is 7.57. The maximum Gasteiger partial charge on any atom is 0.0719 e. The summed E-state index contributed by atoms with van der Waals surface area (Å²) in [5, 5.41) is 5.23. The Morgan fingerprint density at radius 2 is 1.00 bits per heavy atom. The average molecular weight is 502 g/mol. The van der Waals surface area contributed by atoms with E-state index in [1.54, 1.807) is 0 Å². The van der Waals surface area contributed by atoms with Gasteiger partial charge in [0.15, 0.2) is 0 Å². The maximum absolute atomic E-state index is 2.49. The van der Waals surface area contributed by atoms with Crippen LogP contribution >= 0.6 is 11.3 Å². The molecule has 2 heterocycles. The van der Waals surface area contributed by atoms with Crippen molar-refractivity contribution in [3.05, 3.63) is 140 Å². The maximum atomic E-state index is 2.49. The molecule has 0 bridgehead atoms. The van der Waals surface area contributed by atoms with Crippen molar-refractivity contribution in [2.75, 3.05) is 0 Å². The van der Waals surface area contributed by atoms with Crippen LogP contribution in [0.1, 0.15) is 0 Å². The smallest absolute Gasteiger partial charge is 0.0719 e. The van der Waals surface area contributed by atoms with E-state index in [0.29, 0.717) is 0 Å². The van der Waals surface area contributed by atoms with Crippen LogP contribution in [0.25, 0.3) is 69.9 Å². The van der Waals surface area contributed by atoms with Gasteiger partial charge in [0.05, 0.1) is 15.7 Å². The Morgan fingerprint density at radius 3 is 1.71 bits per heavy atom. The molecule has 0 spiro atoms. The number of nitrogens with zero attached hydrogens (tertiary/aromatic N) is 1. The van der Waals surface area contributed by atoms with Crippen molar-refractivity contribution in [1.29, 1.82) is 0 Å². The molecule has 0 saturated heterocycles. The second-order valence-corrected chi connectivity index (χ2v) is 10.8. The molecule has 0 amide bonds. The van der Waals surface area contributed by atoms with Crippen molar-refractivity contribution in [2.45, 2.75) is 0 Å². The Morgan fingerprint density at radius 1 is 0.421 bits per heavy atom. The van der Waals surface area contributed by atoms with Crippen LogP contribution in [0.2, 0.25) is 0 Å². The van der Waals surface area contributed by atoms with Gasteiger partial charge in [-0.25, -0.2) is 0 Å². The largest absolute Gasteiger partial charge is 0.308 e. The zero-order valence-corrected chi connectivity index (χ0v) is 21.5. The van der Waals surface area contributed by atoms with E-state index in [1.807, 2.05) is 11.3 Å². The summed E-state index contributed by atoms with van der Waals surface area (Å²) >= 11 is 1.90. The molecule has 38 heavy (non-hydrogen) atoms. The van der Waals surface area contributed by atoms with Crippen LogP contribution in [0, 0.1) is 0 Å². The van der Waals surface area contributed by atoms with E-state index in [4.69, 9.17) is 0 Å². The van der Waals surface area contributed by atoms with Gasteiger partial charge < -0.3 is 4.57 Å². The summed E-state index contributed by atoms with van der Waals surface area (Å²) in [5.41, 5.74) is 8.58. The SMILES string of the molecule is c1ccc(-c2cc(-c3ccccc3)cc(-n3c4ccccc4c4ccc5c6ccccc6sc5c43)c2)cc1. The van der Waals surface area contributed by atoms with E-state index >= 15 is 0 Å². The van der Waals surface area contributed by atoms with Crippen molar-refractivity contribution < 1.29 is 0 Å². The van der Waals surface area contributed by atoms with E-state index in [0.717, 1.165) is 0 Å². The van der Waals surface area contributed by atoms with Crippen LogP contribution in [-0.4, -0.2) is 4.57 Å².